The molecule has 1 aliphatic heterocycles. The Hall–Kier alpha value is -2.72. The van der Waals surface area contributed by atoms with Crippen LogP contribution in [0.5, 0.6) is 0 Å². The number of hydrogen-bond donors (Lipinski definition) is 3. The molecule has 1 aliphatic rings. The molecule has 0 unspecified atom stereocenters. The van der Waals surface area contributed by atoms with Crippen LogP contribution in [0.2, 0.25) is 0 Å². The van der Waals surface area contributed by atoms with Gasteiger partial charge < -0.3 is 10.6 Å². The van der Waals surface area contributed by atoms with Gasteiger partial charge in [0.1, 0.15) is 4.90 Å². The Bertz CT molecular complexity index is 1000. The van der Waals surface area contributed by atoms with E-state index >= 15 is 0 Å². The molecule has 156 valence electrons. The number of rotatable bonds is 5. The summed E-state index contributed by atoms with van der Waals surface area (Å²) in [6.45, 7) is 5.40. The summed E-state index contributed by atoms with van der Waals surface area (Å²) in [5.74, 6) is -0.459. The number of nitrogens with one attached hydrogen (secondary N) is 3. The van der Waals surface area contributed by atoms with Crippen LogP contribution in [0.3, 0.4) is 0 Å². The number of sulfonamides is 1. The van der Waals surface area contributed by atoms with E-state index in [0.717, 1.165) is 0 Å². The van der Waals surface area contributed by atoms with Crippen molar-refractivity contribution in [2.24, 2.45) is 0 Å². The molecule has 10 heteroatoms. The molecule has 0 atom stereocenters. The Morgan fingerprint density at radius 2 is 1.90 bits per heavy atom. The number of aromatic amines is 1. The van der Waals surface area contributed by atoms with Crippen molar-refractivity contribution < 1.29 is 18.0 Å². The number of hydrogen-bond acceptors (Lipinski definition) is 5. The molecular weight excluding hydrogens is 394 g/mol. The van der Waals surface area contributed by atoms with Gasteiger partial charge in [-0.2, -0.15) is 9.40 Å². The highest BCUT2D eigenvalue weighted by Crippen LogP contribution is 2.25. The molecule has 1 aromatic carbocycles. The summed E-state index contributed by atoms with van der Waals surface area (Å²) in [5, 5.41) is 12.3. The minimum atomic E-state index is -3.61. The second kappa shape index (κ2) is 8.34. The minimum Gasteiger partial charge on any atom is -0.349 e. The number of amides is 2. The molecule has 2 aromatic rings. The van der Waals surface area contributed by atoms with Gasteiger partial charge in [-0.1, -0.05) is 6.07 Å². The molecule has 9 nitrogen and oxygen atoms in total. The Morgan fingerprint density at radius 1 is 1.21 bits per heavy atom. The summed E-state index contributed by atoms with van der Waals surface area (Å²) in [6, 6.07) is 6.57. The molecule has 0 saturated carbocycles. The quantitative estimate of drug-likeness (QED) is 0.679. The van der Waals surface area contributed by atoms with Gasteiger partial charge in [-0.25, -0.2) is 8.42 Å². The summed E-state index contributed by atoms with van der Waals surface area (Å²) in [4.78, 5) is 23.9. The van der Waals surface area contributed by atoms with E-state index in [1.54, 1.807) is 38.1 Å². The Labute approximate surface area is 169 Å². The molecule has 0 radical (unpaired) electrons. The van der Waals surface area contributed by atoms with Crippen LogP contribution in [-0.2, 0) is 14.8 Å². The Balaban J connectivity index is 1.61. The first-order valence-corrected chi connectivity index (χ1v) is 10.8. The molecule has 29 heavy (non-hydrogen) atoms. The lowest BCUT2D eigenvalue weighted by molar-refractivity contribution is -0.114. The zero-order valence-electron chi connectivity index (χ0n) is 16.7. The molecule has 0 bridgehead atoms. The van der Waals surface area contributed by atoms with Gasteiger partial charge in [0.15, 0.2) is 0 Å². The van der Waals surface area contributed by atoms with Gasteiger partial charge in [0.2, 0.25) is 15.9 Å². The molecule has 2 heterocycles. The first-order chi connectivity index (χ1) is 13.7. The number of benzene rings is 1. The molecule has 0 spiro atoms. The average Bonchev–Trinajstić information content (AvgIpc) is 3.01. The maximum Gasteiger partial charge on any atom is 0.251 e. The fraction of sp³-hybridized carbons (Fsp3) is 0.421. The van der Waals surface area contributed by atoms with Crippen molar-refractivity contribution in [2.75, 3.05) is 18.4 Å². The van der Waals surface area contributed by atoms with Crippen LogP contribution < -0.4 is 10.6 Å². The topological polar surface area (TPSA) is 124 Å². The summed E-state index contributed by atoms with van der Waals surface area (Å²) in [6.07, 6.45) is 1.04. The Morgan fingerprint density at radius 3 is 2.48 bits per heavy atom. The first kappa shape index (κ1) is 21.0. The lowest BCUT2D eigenvalue weighted by atomic mass is 10.1. The molecule has 2 amide bonds. The van der Waals surface area contributed by atoms with E-state index in [1.807, 2.05) is 0 Å². The van der Waals surface area contributed by atoms with Crippen molar-refractivity contribution in [1.82, 2.24) is 19.8 Å². The van der Waals surface area contributed by atoms with Gasteiger partial charge in [0, 0.05) is 37.3 Å². The predicted molar refractivity (Wildman–Crippen MR) is 108 cm³/mol. The molecular formula is C19H25N5O4S. The molecule has 3 N–H and O–H groups in total. The van der Waals surface area contributed by atoms with Crippen molar-refractivity contribution >= 4 is 27.5 Å². The van der Waals surface area contributed by atoms with Gasteiger partial charge in [-0.15, -0.1) is 0 Å². The van der Waals surface area contributed by atoms with E-state index in [2.05, 4.69) is 20.8 Å². The van der Waals surface area contributed by atoms with Gasteiger partial charge in [-0.3, -0.25) is 14.7 Å². The number of carbonyl (C=O) groups is 2. The zero-order chi connectivity index (χ0) is 21.2. The largest absolute Gasteiger partial charge is 0.349 e. The second-order valence-electron chi connectivity index (χ2n) is 7.18. The number of aryl methyl sites for hydroxylation is 2. The molecule has 0 aliphatic carbocycles. The van der Waals surface area contributed by atoms with Crippen LogP contribution in [0.1, 0.15) is 41.5 Å². The van der Waals surface area contributed by atoms with Crippen LogP contribution >= 0.6 is 0 Å². The van der Waals surface area contributed by atoms with Crippen molar-refractivity contribution in [2.45, 2.75) is 44.6 Å². The van der Waals surface area contributed by atoms with Crippen molar-refractivity contribution in [3.63, 3.8) is 0 Å². The summed E-state index contributed by atoms with van der Waals surface area (Å²) in [7, 11) is -3.61. The number of piperidine rings is 1. The molecule has 1 fully saturated rings. The number of aromatic nitrogens is 2. The highest BCUT2D eigenvalue weighted by atomic mass is 32.2. The second-order valence-corrected chi connectivity index (χ2v) is 9.05. The van der Waals surface area contributed by atoms with Gasteiger partial charge in [0.25, 0.3) is 5.91 Å². The van der Waals surface area contributed by atoms with E-state index in [9.17, 15) is 18.0 Å². The molecule has 1 saturated heterocycles. The SMILES string of the molecule is CC(=O)Nc1cccc(C(=O)NC2CCN(S(=O)(=O)c3c(C)n[nH]c3C)CC2)c1. The summed E-state index contributed by atoms with van der Waals surface area (Å²) >= 11 is 0. The maximum absolute atomic E-state index is 12.9. The summed E-state index contributed by atoms with van der Waals surface area (Å²) < 4.78 is 27.3. The van der Waals surface area contributed by atoms with Gasteiger partial charge >= 0.3 is 0 Å². The standard InChI is InChI=1S/C19H25N5O4S/c1-12-18(13(2)23-22-12)29(27,28)24-9-7-16(8-10-24)21-19(26)15-5-4-6-17(11-15)20-14(3)25/h4-6,11,16H,7-10H2,1-3H3,(H,20,25)(H,21,26)(H,22,23). The average molecular weight is 420 g/mol. The van der Waals surface area contributed by atoms with Crippen LogP contribution in [0.25, 0.3) is 0 Å². The fourth-order valence-corrected chi connectivity index (χ4v) is 5.30. The van der Waals surface area contributed by atoms with Crippen LogP contribution in [0.4, 0.5) is 5.69 Å². The third-order valence-electron chi connectivity index (χ3n) is 4.89. The van der Waals surface area contributed by atoms with Crippen molar-refractivity contribution in [3.05, 3.63) is 41.2 Å². The van der Waals surface area contributed by atoms with E-state index in [-0.39, 0.29) is 22.8 Å². The van der Waals surface area contributed by atoms with Crippen molar-refractivity contribution in [3.8, 4) is 0 Å². The van der Waals surface area contributed by atoms with Crippen molar-refractivity contribution in [1.29, 1.82) is 0 Å². The third kappa shape index (κ3) is 4.65. The number of anilines is 1. The number of nitrogens with zero attached hydrogens (tertiary/aromatic N) is 2. The van der Waals surface area contributed by atoms with E-state index in [4.69, 9.17) is 0 Å². The highest BCUT2D eigenvalue weighted by Gasteiger charge is 2.33. The normalized spacial score (nSPS) is 15.8. The highest BCUT2D eigenvalue weighted by molar-refractivity contribution is 7.89. The zero-order valence-corrected chi connectivity index (χ0v) is 17.5. The Kier molecular flexibility index (Phi) is 6.04. The van der Waals surface area contributed by atoms with Crippen LogP contribution in [-0.4, -0.2) is 53.9 Å². The minimum absolute atomic E-state index is 0.120. The predicted octanol–water partition coefficient (Wildman–Crippen LogP) is 1.57. The maximum atomic E-state index is 12.9. The van der Waals surface area contributed by atoms with E-state index in [1.165, 1.54) is 11.2 Å². The molecule has 1 aromatic heterocycles. The number of carbonyl (C=O) groups excluding carboxylic acids is 2. The van der Waals surface area contributed by atoms with Gasteiger partial charge in [-0.05, 0) is 44.9 Å². The smallest absolute Gasteiger partial charge is 0.251 e. The van der Waals surface area contributed by atoms with E-state index in [0.29, 0.717) is 48.6 Å². The lowest BCUT2D eigenvalue weighted by Crippen LogP contribution is -2.46. The van der Waals surface area contributed by atoms with Crippen LogP contribution in [0.15, 0.2) is 29.2 Å². The summed E-state index contributed by atoms with van der Waals surface area (Å²) in [5.41, 5.74) is 1.97. The number of H-pyrrole nitrogens is 1. The third-order valence-corrected chi connectivity index (χ3v) is 7.06. The fourth-order valence-electron chi connectivity index (χ4n) is 3.50. The molecule has 3 rings (SSSR count). The first-order valence-electron chi connectivity index (χ1n) is 9.38. The van der Waals surface area contributed by atoms with Crippen LogP contribution in [0, 0.1) is 13.8 Å². The lowest BCUT2D eigenvalue weighted by Gasteiger charge is -2.31. The van der Waals surface area contributed by atoms with Gasteiger partial charge in [0.05, 0.1) is 11.4 Å². The van der Waals surface area contributed by atoms with E-state index < -0.39 is 10.0 Å². The monoisotopic (exact) mass is 419 g/mol.